The Bertz CT molecular complexity index is 435. The standard InChI is InChI=1S/C13H15NO3/c1-3-4-5-8-14-13(16)11-7-6-10(17-2)9-12(11)15/h1,6-7,9,15H,4-5,8H2,2H3,(H,14,16). The lowest BCUT2D eigenvalue weighted by Crippen LogP contribution is -2.24. The fraction of sp³-hybridized carbons (Fsp3) is 0.308. The molecule has 0 aliphatic heterocycles. The molecule has 0 atom stereocenters. The van der Waals surface area contributed by atoms with E-state index in [-0.39, 0.29) is 17.2 Å². The van der Waals surface area contributed by atoms with E-state index in [1.165, 1.54) is 19.2 Å². The van der Waals surface area contributed by atoms with Gasteiger partial charge in [-0.05, 0) is 18.6 Å². The first-order chi connectivity index (χ1) is 8.19. The zero-order chi connectivity index (χ0) is 12.7. The maximum Gasteiger partial charge on any atom is 0.255 e. The van der Waals surface area contributed by atoms with Crippen LogP contribution in [0, 0.1) is 12.3 Å². The fourth-order valence-corrected chi connectivity index (χ4v) is 1.32. The molecule has 90 valence electrons. The maximum atomic E-state index is 11.7. The molecule has 0 radical (unpaired) electrons. The Hall–Kier alpha value is -2.15. The normalized spacial score (nSPS) is 9.41. The molecule has 0 unspecified atom stereocenters. The predicted molar refractivity (Wildman–Crippen MR) is 65.1 cm³/mol. The lowest BCUT2D eigenvalue weighted by Gasteiger charge is -2.07. The molecule has 0 bridgehead atoms. The van der Waals surface area contributed by atoms with Crippen LogP contribution in [0.25, 0.3) is 0 Å². The summed E-state index contributed by atoms with van der Waals surface area (Å²) in [6.45, 7) is 0.495. The molecule has 0 aromatic heterocycles. The number of hydrogen-bond donors (Lipinski definition) is 2. The third kappa shape index (κ3) is 3.72. The number of aromatic hydroxyl groups is 1. The van der Waals surface area contributed by atoms with E-state index < -0.39 is 0 Å². The lowest BCUT2D eigenvalue weighted by molar-refractivity contribution is 0.0950. The summed E-state index contributed by atoms with van der Waals surface area (Å²) in [4.78, 5) is 11.7. The Morgan fingerprint density at radius 2 is 2.35 bits per heavy atom. The zero-order valence-electron chi connectivity index (χ0n) is 9.69. The fourth-order valence-electron chi connectivity index (χ4n) is 1.32. The number of benzene rings is 1. The van der Waals surface area contributed by atoms with Crippen LogP contribution in [0.5, 0.6) is 11.5 Å². The first kappa shape index (κ1) is 12.9. The van der Waals surface area contributed by atoms with Crippen molar-refractivity contribution >= 4 is 5.91 Å². The Morgan fingerprint density at radius 3 is 2.94 bits per heavy atom. The molecule has 17 heavy (non-hydrogen) atoms. The Labute approximate surface area is 101 Å². The van der Waals surface area contributed by atoms with Gasteiger partial charge in [0.1, 0.15) is 11.5 Å². The Kier molecular flexibility index (Phi) is 4.89. The zero-order valence-corrected chi connectivity index (χ0v) is 9.69. The van der Waals surface area contributed by atoms with Gasteiger partial charge < -0.3 is 15.2 Å². The largest absolute Gasteiger partial charge is 0.507 e. The number of methoxy groups -OCH3 is 1. The van der Waals surface area contributed by atoms with Crippen LogP contribution in [0.1, 0.15) is 23.2 Å². The summed E-state index contributed by atoms with van der Waals surface area (Å²) >= 11 is 0. The smallest absolute Gasteiger partial charge is 0.255 e. The highest BCUT2D eigenvalue weighted by Gasteiger charge is 2.10. The van der Waals surface area contributed by atoms with Gasteiger partial charge >= 0.3 is 0 Å². The Morgan fingerprint density at radius 1 is 1.59 bits per heavy atom. The monoisotopic (exact) mass is 233 g/mol. The van der Waals surface area contributed by atoms with Crippen molar-refractivity contribution in [3.8, 4) is 23.8 Å². The van der Waals surface area contributed by atoms with E-state index in [4.69, 9.17) is 11.2 Å². The van der Waals surface area contributed by atoms with Crippen molar-refractivity contribution in [2.75, 3.05) is 13.7 Å². The number of rotatable bonds is 5. The van der Waals surface area contributed by atoms with Crippen LogP contribution in [0.3, 0.4) is 0 Å². The quantitative estimate of drug-likeness (QED) is 0.599. The number of ether oxygens (including phenoxy) is 1. The van der Waals surface area contributed by atoms with Gasteiger partial charge in [-0.3, -0.25) is 4.79 Å². The van der Waals surface area contributed by atoms with Crippen molar-refractivity contribution < 1.29 is 14.6 Å². The van der Waals surface area contributed by atoms with Crippen molar-refractivity contribution in [2.24, 2.45) is 0 Å². The number of carbonyl (C=O) groups is 1. The second kappa shape index (κ2) is 6.44. The third-order valence-corrected chi connectivity index (χ3v) is 2.23. The number of nitrogens with one attached hydrogen (secondary N) is 1. The summed E-state index contributed by atoms with van der Waals surface area (Å²) in [6, 6.07) is 4.54. The third-order valence-electron chi connectivity index (χ3n) is 2.23. The van der Waals surface area contributed by atoms with E-state index in [0.717, 1.165) is 6.42 Å². The van der Waals surface area contributed by atoms with Crippen LogP contribution in [0.4, 0.5) is 0 Å². The van der Waals surface area contributed by atoms with Gasteiger partial charge in [-0.15, -0.1) is 12.3 Å². The molecule has 0 aliphatic rings. The first-order valence-electron chi connectivity index (χ1n) is 5.27. The number of phenolic OH excluding ortho intramolecular Hbond substituents is 1. The number of unbranched alkanes of at least 4 members (excludes halogenated alkanes) is 1. The molecule has 4 heteroatoms. The molecule has 0 spiro atoms. The van der Waals surface area contributed by atoms with E-state index in [1.807, 2.05) is 0 Å². The van der Waals surface area contributed by atoms with E-state index in [1.54, 1.807) is 6.07 Å². The second-order valence-electron chi connectivity index (χ2n) is 3.45. The molecule has 4 nitrogen and oxygen atoms in total. The number of terminal acetylenes is 1. The molecule has 1 aromatic rings. The van der Waals surface area contributed by atoms with Crippen LogP contribution in [-0.4, -0.2) is 24.7 Å². The predicted octanol–water partition coefficient (Wildman–Crippen LogP) is 1.54. The molecule has 0 fully saturated rings. The van der Waals surface area contributed by atoms with Crippen LogP contribution in [-0.2, 0) is 0 Å². The van der Waals surface area contributed by atoms with Crippen LogP contribution >= 0.6 is 0 Å². The van der Waals surface area contributed by atoms with Gasteiger partial charge in [0.2, 0.25) is 0 Å². The van der Waals surface area contributed by atoms with Gasteiger partial charge in [0, 0.05) is 19.0 Å². The summed E-state index contributed by atoms with van der Waals surface area (Å²) < 4.78 is 4.93. The average molecular weight is 233 g/mol. The topological polar surface area (TPSA) is 58.6 Å². The number of carbonyl (C=O) groups excluding carboxylic acids is 1. The molecule has 1 rings (SSSR count). The van der Waals surface area contributed by atoms with Crippen molar-refractivity contribution in [1.29, 1.82) is 0 Å². The van der Waals surface area contributed by atoms with Gasteiger partial charge in [-0.25, -0.2) is 0 Å². The highest BCUT2D eigenvalue weighted by molar-refractivity contribution is 5.96. The molecular weight excluding hydrogens is 218 g/mol. The summed E-state index contributed by atoms with van der Waals surface area (Å²) in [5, 5.41) is 12.3. The lowest BCUT2D eigenvalue weighted by atomic mass is 10.1. The summed E-state index contributed by atoms with van der Waals surface area (Å²) in [5.41, 5.74) is 0.228. The van der Waals surface area contributed by atoms with E-state index in [0.29, 0.717) is 18.7 Å². The SMILES string of the molecule is C#CCCCNC(=O)c1ccc(OC)cc1O. The second-order valence-corrected chi connectivity index (χ2v) is 3.45. The summed E-state index contributed by atoms with van der Waals surface area (Å²) in [7, 11) is 1.49. The highest BCUT2D eigenvalue weighted by Crippen LogP contribution is 2.23. The van der Waals surface area contributed by atoms with Crippen molar-refractivity contribution in [3.05, 3.63) is 23.8 Å². The van der Waals surface area contributed by atoms with Crippen molar-refractivity contribution in [3.63, 3.8) is 0 Å². The molecule has 1 aromatic carbocycles. The molecular formula is C13H15NO3. The van der Waals surface area contributed by atoms with Crippen LogP contribution < -0.4 is 10.1 Å². The highest BCUT2D eigenvalue weighted by atomic mass is 16.5. The minimum absolute atomic E-state index is 0.0983. The molecule has 0 saturated carbocycles. The van der Waals surface area contributed by atoms with E-state index >= 15 is 0 Å². The van der Waals surface area contributed by atoms with Crippen molar-refractivity contribution in [2.45, 2.75) is 12.8 Å². The average Bonchev–Trinajstić information content (AvgIpc) is 2.34. The van der Waals surface area contributed by atoms with Crippen LogP contribution in [0.2, 0.25) is 0 Å². The van der Waals surface area contributed by atoms with Gasteiger partial charge in [-0.2, -0.15) is 0 Å². The van der Waals surface area contributed by atoms with Crippen molar-refractivity contribution in [1.82, 2.24) is 5.32 Å². The van der Waals surface area contributed by atoms with Gasteiger partial charge in [0.25, 0.3) is 5.91 Å². The van der Waals surface area contributed by atoms with Crippen LogP contribution in [0.15, 0.2) is 18.2 Å². The number of amides is 1. The van der Waals surface area contributed by atoms with Gasteiger partial charge in [0.05, 0.1) is 12.7 Å². The summed E-state index contributed by atoms with van der Waals surface area (Å²) in [6.07, 6.45) is 6.44. The summed E-state index contributed by atoms with van der Waals surface area (Å²) in [5.74, 6) is 2.58. The molecule has 0 heterocycles. The van der Waals surface area contributed by atoms with E-state index in [2.05, 4.69) is 11.2 Å². The molecule has 2 N–H and O–H groups in total. The molecule has 0 saturated heterocycles. The molecule has 0 aliphatic carbocycles. The molecule has 1 amide bonds. The van der Waals surface area contributed by atoms with Gasteiger partial charge in [0.15, 0.2) is 0 Å². The minimum atomic E-state index is -0.317. The minimum Gasteiger partial charge on any atom is -0.507 e. The van der Waals surface area contributed by atoms with Gasteiger partial charge in [-0.1, -0.05) is 0 Å². The number of hydrogen-bond acceptors (Lipinski definition) is 3. The van der Waals surface area contributed by atoms with E-state index in [9.17, 15) is 9.90 Å². The first-order valence-corrected chi connectivity index (χ1v) is 5.27. The Balaban J connectivity index is 2.60. The maximum absolute atomic E-state index is 11.7. The number of phenols is 1.